The Hall–Kier alpha value is -1.37. The summed E-state index contributed by atoms with van der Waals surface area (Å²) in [5.41, 5.74) is 3.48. The van der Waals surface area contributed by atoms with Crippen molar-refractivity contribution < 1.29 is 9.59 Å². The number of halogens is 1. The Morgan fingerprint density at radius 1 is 1.38 bits per heavy atom. The number of rotatable bonds is 3. The minimum absolute atomic E-state index is 0.0731. The summed E-state index contributed by atoms with van der Waals surface area (Å²) in [6.07, 6.45) is 0.743. The molecule has 0 heterocycles. The quantitative estimate of drug-likeness (QED) is 0.460. The molecular formula is C13H13ClO2. The minimum atomic E-state index is -0.753. The molecule has 0 atom stereocenters. The fraction of sp³-hybridized carbons (Fsp3) is 0.308. The van der Waals surface area contributed by atoms with Crippen LogP contribution >= 0.6 is 11.6 Å². The van der Waals surface area contributed by atoms with Crippen LogP contribution in [0, 0.1) is 13.8 Å². The number of hydrogen-bond donors (Lipinski definition) is 0. The highest BCUT2D eigenvalue weighted by molar-refractivity contribution is 6.75. The molecule has 16 heavy (non-hydrogen) atoms. The molecule has 0 aliphatic rings. The summed E-state index contributed by atoms with van der Waals surface area (Å²) in [5, 5.41) is -0.753. The molecule has 0 unspecified atom stereocenters. The van der Waals surface area contributed by atoms with E-state index < -0.39 is 5.24 Å². The van der Waals surface area contributed by atoms with Crippen LogP contribution in [0.1, 0.15) is 29.2 Å². The zero-order chi connectivity index (χ0) is 12.3. The van der Waals surface area contributed by atoms with Crippen molar-refractivity contribution in [3.63, 3.8) is 0 Å². The molecule has 0 saturated carbocycles. The van der Waals surface area contributed by atoms with E-state index >= 15 is 0 Å². The van der Waals surface area contributed by atoms with E-state index in [1.54, 1.807) is 5.94 Å². The van der Waals surface area contributed by atoms with Crippen molar-refractivity contribution in [3.05, 3.63) is 34.4 Å². The van der Waals surface area contributed by atoms with Crippen molar-refractivity contribution in [1.29, 1.82) is 0 Å². The van der Waals surface area contributed by atoms with Gasteiger partial charge in [-0.25, -0.2) is 4.79 Å². The highest BCUT2D eigenvalue weighted by Gasteiger charge is 2.17. The number of carbonyl (C=O) groups excluding carboxylic acids is 2. The molecule has 3 heteroatoms. The number of hydrogen-bond acceptors (Lipinski definition) is 2. The van der Waals surface area contributed by atoms with Crippen LogP contribution in [0.15, 0.2) is 12.1 Å². The Balaban J connectivity index is 3.54. The van der Waals surface area contributed by atoms with Gasteiger partial charge in [0.1, 0.15) is 11.5 Å². The van der Waals surface area contributed by atoms with E-state index in [1.807, 2.05) is 32.9 Å². The average Bonchev–Trinajstić information content (AvgIpc) is 2.21. The van der Waals surface area contributed by atoms with Crippen molar-refractivity contribution in [1.82, 2.24) is 0 Å². The predicted molar refractivity (Wildman–Crippen MR) is 65.3 cm³/mol. The van der Waals surface area contributed by atoms with Crippen molar-refractivity contribution >= 4 is 28.4 Å². The van der Waals surface area contributed by atoms with E-state index in [4.69, 9.17) is 11.6 Å². The maximum absolute atomic E-state index is 11.1. The van der Waals surface area contributed by atoms with Gasteiger partial charge < -0.3 is 0 Å². The smallest absolute Gasteiger partial charge is 0.264 e. The molecule has 0 amide bonds. The molecule has 0 saturated heterocycles. The highest BCUT2D eigenvalue weighted by atomic mass is 35.5. The minimum Gasteiger partial charge on any atom is -0.275 e. The molecule has 84 valence electrons. The molecule has 0 spiro atoms. The van der Waals surface area contributed by atoms with E-state index in [9.17, 15) is 9.59 Å². The number of carbonyl (C=O) groups is 1. The van der Waals surface area contributed by atoms with Crippen LogP contribution in [0.2, 0.25) is 0 Å². The van der Waals surface area contributed by atoms with Gasteiger partial charge in [0, 0.05) is 5.56 Å². The first-order valence-corrected chi connectivity index (χ1v) is 5.44. The molecule has 0 aromatic heterocycles. The van der Waals surface area contributed by atoms with Gasteiger partial charge in [-0.15, -0.1) is 0 Å². The third-order valence-electron chi connectivity index (χ3n) is 2.49. The van der Waals surface area contributed by atoms with Crippen LogP contribution in [0.5, 0.6) is 0 Å². The first-order valence-electron chi connectivity index (χ1n) is 5.06. The first kappa shape index (κ1) is 12.7. The zero-order valence-corrected chi connectivity index (χ0v) is 10.3. The lowest BCUT2D eigenvalue weighted by Crippen LogP contribution is -2.02. The lowest BCUT2D eigenvalue weighted by Gasteiger charge is -2.11. The standard InChI is InChI=1S/C13H13ClO2/c1-4-10-6-8(2)5-9(3)12(10)11(7-15)13(14)16/h5-6H,4H2,1-3H3. The molecule has 1 aromatic rings. The largest absolute Gasteiger partial charge is 0.275 e. The van der Waals surface area contributed by atoms with Gasteiger partial charge in [0.25, 0.3) is 5.24 Å². The summed E-state index contributed by atoms with van der Waals surface area (Å²) in [6, 6.07) is 3.88. The molecular weight excluding hydrogens is 224 g/mol. The van der Waals surface area contributed by atoms with E-state index in [2.05, 4.69) is 0 Å². The summed E-state index contributed by atoms with van der Waals surface area (Å²) in [6.45, 7) is 5.81. The Labute approximate surface area is 99.9 Å². The van der Waals surface area contributed by atoms with Crippen LogP contribution in [-0.2, 0) is 16.0 Å². The lowest BCUT2D eigenvalue weighted by molar-refractivity contribution is -0.106. The summed E-state index contributed by atoms with van der Waals surface area (Å²) >= 11 is 5.38. The number of aryl methyl sites for hydroxylation is 3. The molecule has 0 bridgehead atoms. The van der Waals surface area contributed by atoms with Crippen LogP contribution in [0.4, 0.5) is 0 Å². The average molecular weight is 237 g/mol. The summed E-state index contributed by atoms with van der Waals surface area (Å²) in [5.74, 6) is 1.64. The molecule has 0 radical (unpaired) electrons. The van der Waals surface area contributed by atoms with Gasteiger partial charge in [-0.2, -0.15) is 0 Å². The molecule has 2 nitrogen and oxygen atoms in total. The molecule has 1 aromatic carbocycles. The number of allylic oxidation sites excluding steroid dienone is 1. The van der Waals surface area contributed by atoms with Gasteiger partial charge in [-0.1, -0.05) is 24.6 Å². The van der Waals surface area contributed by atoms with Gasteiger partial charge >= 0.3 is 0 Å². The maximum Gasteiger partial charge on any atom is 0.264 e. The second-order valence-electron chi connectivity index (χ2n) is 3.72. The molecule has 0 fully saturated rings. The van der Waals surface area contributed by atoms with Crippen LogP contribution < -0.4 is 0 Å². The van der Waals surface area contributed by atoms with Crippen molar-refractivity contribution in [2.24, 2.45) is 0 Å². The van der Waals surface area contributed by atoms with Crippen molar-refractivity contribution in [2.75, 3.05) is 0 Å². The Morgan fingerprint density at radius 3 is 2.44 bits per heavy atom. The SMILES string of the molecule is CCc1cc(C)cc(C)c1C(=C=O)C(=O)Cl. The van der Waals surface area contributed by atoms with Crippen LogP contribution in [-0.4, -0.2) is 11.2 Å². The van der Waals surface area contributed by atoms with Gasteiger partial charge in [0.15, 0.2) is 0 Å². The van der Waals surface area contributed by atoms with E-state index in [0.29, 0.717) is 5.56 Å². The normalized spacial score (nSPS) is 9.75. The highest BCUT2D eigenvalue weighted by Crippen LogP contribution is 2.25. The summed E-state index contributed by atoms with van der Waals surface area (Å²) in [4.78, 5) is 21.9. The van der Waals surface area contributed by atoms with Gasteiger partial charge in [-0.05, 0) is 43.0 Å². The second-order valence-corrected chi connectivity index (χ2v) is 4.06. The third kappa shape index (κ3) is 2.41. The number of benzene rings is 1. The van der Waals surface area contributed by atoms with E-state index in [0.717, 1.165) is 23.1 Å². The fourth-order valence-corrected chi connectivity index (χ4v) is 2.01. The third-order valence-corrected chi connectivity index (χ3v) is 2.68. The lowest BCUT2D eigenvalue weighted by atomic mass is 9.93. The Morgan fingerprint density at radius 2 is 2.00 bits per heavy atom. The second kappa shape index (κ2) is 5.11. The zero-order valence-electron chi connectivity index (χ0n) is 9.56. The summed E-state index contributed by atoms with van der Waals surface area (Å²) in [7, 11) is 0. The molecule has 0 aliphatic carbocycles. The maximum atomic E-state index is 11.1. The van der Waals surface area contributed by atoms with Crippen molar-refractivity contribution in [3.8, 4) is 0 Å². The molecule has 0 N–H and O–H groups in total. The topological polar surface area (TPSA) is 34.1 Å². The van der Waals surface area contributed by atoms with Crippen molar-refractivity contribution in [2.45, 2.75) is 27.2 Å². The molecule has 0 aliphatic heterocycles. The predicted octanol–water partition coefficient (Wildman–Crippen LogP) is 2.85. The van der Waals surface area contributed by atoms with Gasteiger partial charge in [0.2, 0.25) is 0 Å². The Kier molecular flexibility index (Phi) is 4.05. The van der Waals surface area contributed by atoms with E-state index in [-0.39, 0.29) is 5.57 Å². The van der Waals surface area contributed by atoms with Crippen LogP contribution in [0.3, 0.4) is 0 Å². The fourth-order valence-electron chi connectivity index (χ4n) is 1.88. The van der Waals surface area contributed by atoms with E-state index in [1.165, 1.54) is 0 Å². The van der Waals surface area contributed by atoms with Crippen LogP contribution in [0.25, 0.3) is 5.57 Å². The monoisotopic (exact) mass is 236 g/mol. The molecule has 1 rings (SSSR count). The first-order chi connectivity index (χ1) is 7.51. The van der Waals surface area contributed by atoms with Gasteiger partial charge in [0.05, 0.1) is 0 Å². The summed E-state index contributed by atoms with van der Waals surface area (Å²) < 4.78 is 0. The Bertz CT molecular complexity index is 483. The van der Waals surface area contributed by atoms with Gasteiger partial charge in [-0.3, -0.25) is 4.79 Å².